The van der Waals surface area contributed by atoms with Crippen molar-refractivity contribution in [1.82, 2.24) is 5.32 Å². The number of halogens is 1. The second-order valence-corrected chi connectivity index (χ2v) is 8.97. The lowest BCUT2D eigenvalue weighted by Gasteiger charge is -2.13. The molecule has 1 amide bonds. The van der Waals surface area contributed by atoms with Gasteiger partial charge in [0.2, 0.25) is 0 Å². The SMILES string of the molecule is Cc1ccc(NS(=O)(=O)c2ccc(OCC(=O)NC3CCCC3)cc2)cc1Cl. The molecule has 0 spiro atoms. The van der Waals surface area contributed by atoms with E-state index >= 15 is 0 Å². The van der Waals surface area contributed by atoms with Crippen LogP contribution in [0.1, 0.15) is 31.2 Å². The van der Waals surface area contributed by atoms with Crippen molar-refractivity contribution < 1.29 is 17.9 Å². The van der Waals surface area contributed by atoms with Gasteiger partial charge in [0.05, 0.1) is 10.6 Å². The van der Waals surface area contributed by atoms with Crippen LogP contribution in [-0.2, 0) is 14.8 Å². The Morgan fingerprint density at radius 2 is 1.82 bits per heavy atom. The van der Waals surface area contributed by atoms with E-state index < -0.39 is 10.0 Å². The van der Waals surface area contributed by atoms with Crippen LogP contribution in [-0.4, -0.2) is 27.0 Å². The number of sulfonamides is 1. The molecule has 0 heterocycles. The van der Waals surface area contributed by atoms with Crippen LogP contribution in [0.2, 0.25) is 5.02 Å². The smallest absolute Gasteiger partial charge is 0.261 e. The van der Waals surface area contributed by atoms with Gasteiger partial charge in [-0.1, -0.05) is 30.5 Å². The Balaban J connectivity index is 1.57. The molecule has 150 valence electrons. The maximum atomic E-state index is 12.5. The molecule has 28 heavy (non-hydrogen) atoms. The van der Waals surface area contributed by atoms with Gasteiger partial charge in [0, 0.05) is 11.1 Å². The summed E-state index contributed by atoms with van der Waals surface area (Å²) in [4.78, 5) is 12.0. The molecule has 0 aromatic heterocycles. The number of nitrogens with one attached hydrogen (secondary N) is 2. The van der Waals surface area contributed by atoms with Gasteiger partial charge in [-0.2, -0.15) is 0 Å². The molecule has 0 atom stereocenters. The Morgan fingerprint density at radius 1 is 1.14 bits per heavy atom. The Hall–Kier alpha value is -2.25. The highest BCUT2D eigenvalue weighted by Gasteiger charge is 2.18. The molecule has 0 aliphatic heterocycles. The zero-order valence-corrected chi connectivity index (χ0v) is 17.1. The van der Waals surface area contributed by atoms with E-state index in [1.807, 2.05) is 6.92 Å². The standard InChI is InChI=1S/C20H23ClN2O4S/c1-14-6-7-16(12-19(14)21)23-28(25,26)18-10-8-17(9-11-18)27-13-20(24)22-15-4-2-3-5-15/h6-12,15,23H,2-5,13H2,1H3,(H,22,24). The van der Waals surface area contributed by atoms with Crippen molar-refractivity contribution in [3.8, 4) is 5.75 Å². The van der Waals surface area contributed by atoms with Gasteiger partial charge < -0.3 is 10.1 Å². The molecule has 0 unspecified atom stereocenters. The lowest BCUT2D eigenvalue weighted by atomic mass is 10.2. The molecular formula is C20H23ClN2O4S. The fraction of sp³-hybridized carbons (Fsp3) is 0.350. The van der Waals surface area contributed by atoms with Crippen LogP contribution >= 0.6 is 11.6 Å². The van der Waals surface area contributed by atoms with Crippen LogP contribution < -0.4 is 14.8 Å². The van der Waals surface area contributed by atoms with Crippen LogP contribution in [0.15, 0.2) is 47.4 Å². The number of ether oxygens (including phenoxy) is 1. The summed E-state index contributed by atoms with van der Waals surface area (Å²) in [6, 6.07) is 11.1. The van der Waals surface area contributed by atoms with E-state index in [4.69, 9.17) is 16.3 Å². The van der Waals surface area contributed by atoms with E-state index in [0.717, 1.165) is 31.2 Å². The monoisotopic (exact) mass is 422 g/mol. The molecule has 6 nitrogen and oxygen atoms in total. The number of carbonyl (C=O) groups is 1. The van der Waals surface area contributed by atoms with Gasteiger partial charge in [-0.05, 0) is 61.7 Å². The van der Waals surface area contributed by atoms with E-state index in [1.165, 1.54) is 24.3 Å². The molecule has 0 saturated heterocycles. The summed E-state index contributed by atoms with van der Waals surface area (Å²) >= 11 is 6.04. The first kappa shape index (κ1) is 20.5. The molecule has 2 aromatic carbocycles. The zero-order chi connectivity index (χ0) is 20.1. The van der Waals surface area contributed by atoms with Gasteiger partial charge in [-0.3, -0.25) is 9.52 Å². The van der Waals surface area contributed by atoms with Crippen LogP contribution in [0.25, 0.3) is 0 Å². The third-order valence-corrected chi connectivity index (χ3v) is 6.45. The number of hydrogen-bond donors (Lipinski definition) is 2. The van der Waals surface area contributed by atoms with Gasteiger partial charge in [0.15, 0.2) is 6.61 Å². The number of amides is 1. The number of aryl methyl sites for hydroxylation is 1. The summed E-state index contributed by atoms with van der Waals surface area (Å²) in [5.41, 5.74) is 1.25. The average molecular weight is 423 g/mol. The van der Waals surface area contributed by atoms with Gasteiger partial charge in [0.25, 0.3) is 15.9 Å². The molecule has 1 fully saturated rings. The van der Waals surface area contributed by atoms with Crippen molar-refractivity contribution in [3.63, 3.8) is 0 Å². The highest BCUT2D eigenvalue weighted by atomic mass is 35.5. The highest BCUT2D eigenvalue weighted by Crippen LogP contribution is 2.23. The first-order valence-corrected chi connectivity index (χ1v) is 11.0. The first-order valence-electron chi connectivity index (χ1n) is 9.15. The van der Waals surface area contributed by atoms with Crippen LogP contribution in [0.4, 0.5) is 5.69 Å². The minimum Gasteiger partial charge on any atom is -0.484 e. The molecule has 1 aliphatic rings. The minimum atomic E-state index is -3.75. The molecule has 0 bridgehead atoms. The molecular weight excluding hydrogens is 400 g/mol. The van der Waals surface area contributed by atoms with E-state index in [2.05, 4.69) is 10.0 Å². The van der Waals surface area contributed by atoms with Crippen molar-refractivity contribution in [1.29, 1.82) is 0 Å². The van der Waals surface area contributed by atoms with E-state index in [0.29, 0.717) is 16.5 Å². The Labute approximate surface area is 170 Å². The van der Waals surface area contributed by atoms with Crippen LogP contribution in [0.5, 0.6) is 5.75 Å². The fourth-order valence-corrected chi connectivity index (χ4v) is 4.30. The van der Waals surface area contributed by atoms with E-state index in [9.17, 15) is 13.2 Å². The van der Waals surface area contributed by atoms with Crippen LogP contribution in [0.3, 0.4) is 0 Å². The predicted molar refractivity (Wildman–Crippen MR) is 109 cm³/mol. The molecule has 2 N–H and O–H groups in total. The molecule has 1 aliphatic carbocycles. The van der Waals surface area contributed by atoms with Gasteiger partial charge in [-0.25, -0.2) is 8.42 Å². The van der Waals surface area contributed by atoms with Gasteiger partial charge in [0.1, 0.15) is 5.75 Å². The summed E-state index contributed by atoms with van der Waals surface area (Å²) in [7, 11) is -3.75. The summed E-state index contributed by atoms with van der Waals surface area (Å²) in [6.45, 7) is 1.75. The van der Waals surface area contributed by atoms with Crippen molar-refractivity contribution >= 4 is 33.2 Å². The number of benzene rings is 2. The summed E-state index contributed by atoms with van der Waals surface area (Å²) in [6.07, 6.45) is 4.31. The molecule has 2 aromatic rings. The second kappa shape index (κ2) is 8.84. The molecule has 1 saturated carbocycles. The summed E-state index contributed by atoms with van der Waals surface area (Å²) in [5.74, 6) is 0.264. The van der Waals surface area contributed by atoms with E-state index in [1.54, 1.807) is 18.2 Å². The minimum absolute atomic E-state index is 0.0898. The number of carbonyl (C=O) groups excluding carboxylic acids is 1. The Morgan fingerprint density at radius 3 is 2.46 bits per heavy atom. The Bertz CT molecular complexity index is 939. The van der Waals surface area contributed by atoms with Crippen molar-refractivity contribution in [2.45, 2.75) is 43.5 Å². The van der Waals surface area contributed by atoms with Crippen LogP contribution in [0, 0.1) is 6.92 Å². The van der Waals surface area contributed by atoms with Crippen molar-refractivity contribution in [3.05, 3.63) is 53.1 Å². The van der Waals surface area contributed by atoms with Gasteiger partial charge in [-0.15, -0.1) is 0 Å². The fourth-order valence-electron chi connectivity index (χ4n) is 3.07. The predicted octanol–water partition coefficient (Wildman–Crippen LogP) is 3.89. The van der Waals surface area contributed by atoms with Crippen molar-refractivity contribution in [2.75, 3.05) is 11.3 Å². The first-order chi connectivity index (χ1) is 13.3. The molecule has 3 rings (SSSR count). The topological polar surface area (TPSA) is 84.5 Å². The quantitative estimate of drug-likeness (QED) is 0.709. The maximum absolute atomic E-state index is 12.5. The summed E-state index contributed by atoms with van der Waals surface area (Å²) < 4.78 is 33.0. The Kier molecular flexibility index (Phi) is 6.46. The average Bonchev–Trinajstić information content (AvgIpc) is 3.16. The third kappa shape index (κ3) is 5.39. The summed E-state index contributed by atoms with van der Waals surface area (Å²) in [5, 5.41) is 3.43. The molecule has 8 heteroatoms. The number of rotatable bonds is 7. The lowest BCUT2D eigenvalue weighted by molar-refractivity contribution is -0.123. The van der Waals surface area contributed by atoms with Gasteiger partial charge >= 0.3 is 0 Å². The maximum Gasteiger partial charge on any atom is 0.261 e. The highest BCUT2D eigenvalue weighted by molar-refractivity contribution is 7.92. The lowest BCUT2D eigenvalue weighted by Crippen LogP contribution is -2.36. The second-order valence-electron chi connectivity index (χ2n) is 6.88. The number of anilines is 1. The zero-order valence-electron chi connectivity index (χ0n) is 15.6. The van der Waals surface area contributed by atoms with Crippen molar-refractivity contribution in [2.24, 2.45) is 0 Å². The van der Waals surface area contributed by atoms with E-state index in [-0.39, 0.29) is 23.5 Å². The third-order valence-electron chi connectivity index (χ3n) is 4.65. The number of hydrogen-bond acceptors (Lipinski definition) is 4. The largest absolute Gasteiger partial charge is 0.484 e. The normalized spacial score (nSPS) is 14.6. The molecule has 0 radical (unpaired) electrons.